The molecule has 0 saturated heterocycles. The molecule has 0 unspecified atom stereocenters. The number of hydrogen-bond donors (Lipinski definition) is 1. The molecule has 0 spiro atoms. The van der Waals surface area contributed by atoms with Crippen molar-refractivity contribution in [3.63, 3.8) is 0 Å². The number of aliphatic carboxylic acids is 1. The van der Waals surface area contributed by atoms with Gasteiger partial charge >= 0.3 is 12.0 Å². The second-order valence-corrected chi connectivity index (χ2v) is 5.63. The smallest absolute Gasteiger partial charge is 0.320 e. The highest BCUT2D eigenvalue weighted by molar-refractivity contribution is 5.77. The van der Waals surface area contributed by atoms with Crippen molar-refractivity contribution in [2.75, 3.05) is 13.1 Å². The van der Waals surface area contributed by atoms with Gasteiger partial charge in [-0.3, -0.25) is 4.79 Å². The monoisotopic (exact) mass is 268 g/mol. The third-order valence-electron chi connectivity index (χ3n) is 3.79. The van der Waals surface area contributed by atoms with Crippen molar-refractivity contribution in [1.82, 2.24) is 9.80 Å². The number of unbranched alkanes of at least 4 members (excludes halogenated alkanes) is 1. The summed E-state index contributed by atoms with van der Waals surface area (Å²) >= 11 is 0. The zero-order chi connectivity index (χ0) is 13.8. The van der Waals surface area contributed by atoms with Crippen LogP contribution in [0.15, 0.2) is 0 Å². The van der Waals surface area contributed by atoms with Crippen molar-refractivity contribution >= 4 is 12.0 Å². The largest absolute Gasteiger partial charge is 0.481 e. The fourth-order valence-electron chi connectivity index (χ4n) is 2.35. The molecule has 0 radical (unpaired) electrons. The standard InChI is InChI=1S/C14H24N2O3/c1-2-3-9-15(11-4-5-11)14(19)16(12-6-7-12)10-8-13(17)18/h11-12H,2-10H2,1H3,(H,17,18). The molecule has 0 aliphatic heterocycles. The third-order valence-corrected chi connectivity index (χ3v) is 3.79. The molecule has 0 aromatic rings. The SMILES string of the molecule is CCCCN(C(=O)N(CCC(=O)O)C1CC1)C1CC1. The van der Waals surface area contributed by atoms with Crippen LogP contribution in [0, 0.1) is 0 Å². The maximum absolute atomic E-state index is 12.6. The highest BCUT2D eigenvalue weighted by Crippen LogP contribution is 2.32. The van der Waals surface area contributed by atoms with E-state index >= 15 is 0 Å². The van der Waals surface area contributed by atoms with Gasteiger partial charge in [0.15, 0.2) is 0 Å². The van der Waals surface area contributed by atoms with Crippen LogP contribution in [-0.4, -0.2) is 52.1 Å². The van der Waals surface area contributed by atoms with Crippen molar-refractivity contribution in [3.05, 3.63) is 0 Å². The zero-order valence-electron chi connectivity index (χ0n) is 11.7. The molecule has 5 heteroatoms. The maximum Gasteiger partial charge on any atom is 0.320 e. The van der Waals surface area contributed by atoms with Gasteiger partial charge in [0.25, 0.3) is 0 Å². The zero-order valence-corrected chi connectivity index (χ0v) is 11.7. The molecular formula is C14H24N2O3. The average molecular weight is 268 g/mol. The van der Waals surface area contributed by atoms with Gasteiger partial charge in [-0.05, 0) is 32.1 Å². The molecule has 0 atom stereocenters. The summed E-state index contributed by atoms with van der Waals surface area (Å²) < 4.78 is 0. The Kier molecular flexibility index (Phi) is 4.66. The minimum atomic E-state index is -0.829. The first-order valence-corrected chi connectivity index (χ1v) is 7.42. The number of hydrogen-bond acceptors (Lipinski definition) is 2. The van der Waals surface area contributed by atoms with E-state index in [2.05, 4.69) is 6.92 Å². The number of carboxylic acid groups (broad SMARTS) is 1. The van der Waals surface area contributed by atoms with Crippen molar-refractivity contribution in [2.24, 2.45) is 0 Å². The number of carboxylic acids is 1. The van der Waals surface area contributed by atoms with Gasteiger partial charge in [0.2, 0.25) is 0 Å². The van der Waals surface area contributed by atoms with E-state index in [0.29, 0.717) is 12.6 Å². The van der Waals surface area contributed by atoms with Crippen LogP contribution in [0.25, 0.3) is 0 Å². The van der Waals surface area contributed by atoms with Crippen LogP contribution >= 0.6 is 0 Å². The molecule has 0 heterocycles. The normalized spacial score (nSPS) is 18.2. The van der Waals surface area contributed by atoms with Crippen LogP contribution < -0.4 is 0 Å². The minimum absolute atomic E-state index is 0.0501. The Hall–Kier alpha value is -1.26. The van der Waals surface area contributed by atoms with E-state index in [9.17, 15) is 9.59 Å². The fourth-order valence-corrected chi connectivity index (χ4v) is 2.35. The molecule has 0 aromatic carbocycles. The van der Waals surface area contributed by atoms with Gasteiger partial charge < -0.3 is 14.9 Å². The van der Waals surface area contributed by atoms with Crippen LogP contribution in [0.4, 0.5) is 4.79 Å². The predicted octanol–water partition coefficient (Wildman–Crippen LogP) is 2.31. The summed E-state index contributed by atoms with van der Waals surface area (Å²) in [4.78, 5) is 27.1. The Morgan fingerprint density at radius 1 is 1.05 bits per heavy atom. The van der Waals surface area contributed by atoms with Gasteiger partial charge in [0, 0.05) is 25.2 Å². The summed E-state index contributed by atoms with van der Waals surface area (Å²) in [6.07, 6.45) is 6.42. The number of rotatable bonds is 8. The lowest BCUT2D eigenvalue weighted by Crippen LogP contribution is -2.46. The van der Waals surface area contributed by atoms with Gasteiger partial charge in [-0.15, -0.1) is 0 Å². The van der Waals surface area contributed by atoms with Crippen molar-refractivity contribution in [3.8, 4) is 0 Å². The Balaban J connectivity index is 1.93. The molecule has 19 heavy (non-hydrogen) atoms. The molecule has 2 saturated carbocycles. The number of nitrogens with zero attached hydrogens (tertiary/aromatic N) is 2. The molecular weight excluding hydrogens is 244 g/mol. The Bertz CT molecular complexity index is 338. The molecule has 0 aromatic heterocycles. The third kappa shape index (κ3) is 4.11. The van der Waals surface area contributed by atoms with Crippen molar-refractivity contribution in [1.29, 1.82) is 0 Å². The highest BCUT2D eigenvalue weighted by Gasteiger charge is 2.39. The van der Waals surface area contributed by atoms with Crippen LogP contribution in [-0.2, 0) is 4.79 Å². The quantitative estimate of drug-likeness (QED) is 0.735. The predicted molar refractivity (Wildman–Crippen MR) is 72.0 cm³/mol. The van der Waals surface area contributed by atoms with Crippen LogP contribution in [0.1, 0.15) is 51.9 Å². The maximum atomic E-state index is 12.6. The summed E-state index contributed by atoms with van der Waals surface area (Å²) in [7, 11) is 0. The summed E-state index contributed by atoms with van der Waals surface area (Å²) in [5.74, 6) is -0.829. The first kappa shape index (κ1) is 14.2. The van der Waals surface area contributed by atoms with E-state index in [0.717, 1.165) is 45.1 Å². The summed E-state index contributed by atoms with van der Waals surface area (Å²) in [6, 6.07) is 0.763. The Morgan fingerprint density at radius 3 is 2.00 bits per heavy atom. The van der Waals surface area contributed by atoms with Crippen molar-refractivity contribution < 1.29 is 14.7 Å². The van der Waals surface area contributed by atoms with Crippen molar-refractivity contribution in [2.45, 2.75) is 64.0 Å². The molecule has 0 bridgehead atoms. The molecule has 2 fully saturated rings. The van der Waals surface area contributed by atoms with E-state index in [-0.39, 0.29) is 18.5 Å². The fraction of sp³-hybridized carbons (Fsp3) is 0.857. The van der Waals surface area contributed by atoms with E-state index in [1.807, 2.05) is 4.90 Å². The topological polar surface area (TPSA) is 60.9 Å². The lowest BCUT2D eigenvalue weighted by atomic mass is 10.3. The van der Waals surface area contributed by atoms with Crippen LogP contribution in [0.2, 0.25) is 0 Å². The Labute approximate surface area is 114 Å². The summed E-state index contributed by atoms with van der Waals surface area (Å²) in [6.45, 7) is 3.29. The van der Waals surface area contributed by atoms with E-state index in [1.54, 1.807) is 4.90 Å². The number of amides is 2. The number of carbonyl (C=O) groups excluding carboxylic acids is 1. The molecule has 2 aliphatic rings. The van der Waals surface area contributed by atoms with Crippen LogP contribution in [0.3, 0.4) is 0 Å². The summed E-state index contributed by atoms with van der Waals surface area (Å²) in [5.41, 5.74) is 0. The van der Waals surface area contributed by atoms with E-state index in [4.69, 9.17) is 5.11 Å². The van der Waals surface area contributed by atoms with Gasteiger partial charge in [0.05, 0.1) is 6.42 Å². The number of carbonyl (C=O) groups is 2. The molecule has 5 nitrogen and oxygen atoms in total. The van der Waals surface area contributed by atoms with Gasteiger partial charge in [-0.25, -0.2) is 4.79 Å². The first-order valence-electron chi connectivity index (χ1n) is 7.42. The molecule has 2 aliphatic carbocycles. The van der Waals surface area contributed by atoms with E-state index < -0.39 is 5.97 Å². The second-order valence-electron chi connectivity index (χ2n) is 5.63. The Morgan fingerprint density at radius 2 is 1.58 bits per heavy atom. The van der Waals surface area contributed by atoms with Gasteiger partial charge in [-0.2, -0.15) is 0 Å². The number of urea groups is 1. The second kappa shape index (κ2) is 6.26. The highest BCUT2D eigenvalue weighted by atomic mass is 16.4. The average Bonchev–Trinajstić information content (AvgIpc) is 3.22. The molecule has 2 amide bonds. The molecule has 2 rings (SSSR count). The van der Waals surface area contributed by atoms with Gasteiger partial charge in [-0.1, -0.05) is 13.3 Å². The minimum Gasteiger partial charge on any atom is -0.481 e. The summed E-state index contributed by atoms with van der Waals surface area (Å²) in [5, 5.41) is 8.80. The molecule has 108 valence electrons. The van der Waals surface area contributed by atoms with Gasteiger partial charge in [0.1, 0.15) is 0 Å². The van der Waals surface area contributed by atoms with Crippen LogP contribution in [0.5, 0.6) is 0 Å². The lowest BCUT2D eigenvalue weighted by molar-refractivity contribution is -0.137. The lowest BCUT2D eigenvalue weighted by Gasteiger charge is -2.30. The first-order chi connectivity index (χ1) is 9.13. The molecule has 1 N–H and O–H groups in total. The van der Waals surface area contributed by atoms with E-state index in [1.165, 1.54) is 0 Å².